The highest BCUT2D eigenvalue weighted by Crippen LogP contribution is 2.30. The first-order valence-corrected chi connectivity index (χ1v) is 10.5. The van der Waals surface area contributed by atoms with E-state index in [0.29, 0.717) is 19.0 Å². The van der Waals surface area contributed by atoms with Crippen molar-refractivity contribution in [1.29, 1.82) is 0 Å². The third-order valence-corrected chi connectivity index (χ3v) is 5.92. The molecule has 29 heavy (non-hydrogen) atoms. The van der Waals surface area contributed by atoms with Gasteiger partial charge in [0, 0.05) is 12.6 Å². The number of rotatable bonds is 8. The molecule has 5 nitrogen and oxygen atoms in total. The van der Waals surface area contributed by atoms with Crippen LogP contribution in [0.4, 0.5) is 13.2 Å². The Morgan fingerprint density at radius 3 is 2.34 bits per heavy atom. The summed E-state index contributed by atoms with van der Waals surface area (Å²) in [6.07, 6.45) is -4.00. The van der Waals surface area contributed by atoms with Gasteiger partial charge in [-0.15, -0.1) is 0 Å². The number of hydrogen-bond acceptors (Lipinski definition) is 3. The van der Waals surface area contributed by atoms with E-state index in [9.17, 15) is 26.4 Å². The summed E-state index contributed by atoms with van der Waals surface area (Å²) in [5.74, 6) is -0.459. The Morgan fingerprint density at radius 2 is 1.76 bits per heavy atom. The molecule has 0 aliphatic rings. The summed E-state index contributed by atoms with van der Waals surface area (Å²) in [6, 6.07) is 12.5. The van der Waals surface area contributed by atoms with E-state index < -0.39 is 39.1 Å². The van der Waals surface area contributed by atoms with E-state index in [1.54, 1.807) is 4.90 Å². The molecule has 2 aromatic rings. The Kier molecular flexibility index (Phi) is 7.43. The van der Waals surface area contributed by atoms with Gasteiger partial charge >= 0.3 is 6.18 Å². The lowest BCUT2D eigenvalue weighted by Gasteiger charge is -2.29. The van der Waals surface area contributed by atoms with Crippen molar-refractivity contribution in [3.05, 3.63) is 65.7 Å². The van der Waals surface area contributed by atoms with Crippen LogP contribution in [0.25, 0.3) is 0 Å². The fourth-order valence-corrected chi connectivity index (χ4v) is 3.69. The molecule has 1 amide bonds. The molecule has 0 spiro atoms. The average molecular weight is 428 g/mol. The van der Waals surface area contributed by atoms with Crippen molar-refractivity contribution in [1.82, 2.24) is 9.62 Å². The zero-order valence-corrected chi connectivity index (χ0v) is 16.9. The number of halogens is 3. The quantitative estimate of drug-likeness (QED) is 0.695. The molecule has 9 heteroatoms. The van der Waals surface area contributed by atoms with Crippen LogP contribution in [-0.4, -0.2) is 31.8 Å². The molecule has 0 radical (unpaired) electrons. The fraction of sp³-hybridized carbons (Fsp3) is 0.350. The predicted molar refractivity (Wildman–Crippen MR) is 103 cm³/mol. The fourth-order valence-electron chi connectivity index (χ4n) is 2.67. The van der Waals surface area contributed by atoms with Crippen molar-refractivity contribution in [2.45, 2.75) is 43.9 Å². The number of nitrogens with zero attached hydrogens (tertiary/aromatic N) is 1. The molecule has 0 bridgehead atoms. The minimum Gasteiger partial charge on any atom is -0.335 e. The van der Waals surface area contributed by atoms with Gasteiger partial charge in [0.1, 0.15) is 0 Å². The third-order valence-electron chi connectivity index (χ3n) is 4.52. The molecule has 1 unspecified atom stereocenters. The number of nitrogens with one attached hydrogen (secondary N) is 1. The Hall–Kier alpha value is -2.39. The number of carbonyl (C=O) groups excluding carboxylic acids is 1. The van der Waals surface area contributed by atoms with Crippen LogP contribution in [0.1, 0.15) is 31.4 Å². The third kappa shape index (κ3) is 6.30. The van der Waals surface area contributed by atoms with E-state index in [-0.39, 0.29) is 6.04 Å². The van der Waals surface area contributed by atoms with E-state index in [1.165, 1.54) is 0 Å². The zero-order chi connectivity index (χ0) is 21.7. The predicted octanol–water partition coefficient (Wildman–Crippen LogP) is 3.81. The van der Waals surface area contributed by atoms with Gasteiger partial charge in [-0.25, -0.2) is 13.1 Å². The molecule has 158 valence electrons. The molecule has 0 saturated carbocycles. The number of amides is 1. The van der Waals surface area contributed by atoms with Gasteiger partial charge in [-0.1, -0.05) is 43.3 Å². The maximum Gasteiger partial charge on any atom is 0.416 e. The van der Waals surface area contributed by atoms with E-state index in [2.05, 4.69) is 4.72 Å². The molecule has 1 atom stereocenters. The first kappa shape index (κ1) is 22.9. The molecule has 2 rings (SSSR count). The van der Waals surface area contributed by atoms with Gasteiger partial charge in [0.05, 0.1) is 17.0 Å². The summed E-state index contributed by atoms with van der Waals surface area (Å²) in [4.78, 5) is 13.7. The molecule has 0 aliphatic heterocycles. The summed E-state index contributed by atoms with van der Waals surface area (Å²) in [5, 5.41) is 0. The van der Waals surface area contributed by atoms with Gasteiger partial charge in [0.25, 0.3) is 0 Å². The maximum absolute atomic E-state index is 12.8. The number of hydrogen-bond donors (Lipinski definition) is 1. The Balaban J connectivity index is 2.14. The van der Waals surface area contributed by atoms with E-state index in [0.717, 1.165) is 23.8 Å². The summed E-state index contributed by atoms with van der Waals surface area (Å²) in [6.45, 7) is 3.51. The van der Waals surface area contributed by atoms with E-state index in [1.807, 2.05) is 44.2 Å². The minimum absolute atomic E-state index is 0.138. The summed E-state index contributed by atoms with van der Waals surface area (Å²) < 4.78 is 65.4. The summed E-state index contributed by atoms with van der Waals surface area (Å²) in [5.41, 5.74) is -0.182. The normalized spacial score (nSPS) is 13.1. The van der Waals surface area contributed by atoms with Gasteiger partial charge in [0.15, 0.2) is 0 Å². The first-order valence-electron chi connectivity index (χ1n) is 9.05. The van der Waals surface area contributed by atoms with E-state index in [4.69, 9.17) is 0 Å². The molecule has 1 N–H and O–H groups in total. The second-order valence-electron chi connectivity index (χ2n) is 6.61. The molecule has 0 aromatic heterocycles. The van der Waals surface area contributed by atoms with Crippen LogP contribution < -0.4 is 4.72 Å². The van der Waals surface area contributed by atoms with Crippen molar-refractivity contribution >= 4 is 15.9 Å². The first-order chi connectivity index (χ1) is 13.5. The molecule has 0 saturated heterocycles. The van der Waals surface area contributed by atoms with Gasteiger partial charge in [0.2, 0.25) is 15.9 Å². The monoisotopic (exact) mass is 428 g/mol. The lowest BCUT2D eigenvalue weighted by Crippen LogP contribution is -2.44. The smallest absolute Gasteiger partial charge is 0.335 e. The van der Waals surface area contributed by atoms with Crippen LogP contribution >= 0.6 is 0 Å². The number of sulfonamides is 1. The standard InChI is InChI=1S/C20H23F3N2O3S/c1-3-15(2)25(14-16-8-5-4-6-9-16)19(26)13-24-29(27,28)18-11-7-10-17(12-18)20(21,22)23/h4-12,15,24H,3,13-14H2,1-2H3. The molecule has 2 aromatic carbocycles. The van der Waals surface area contributed by atoms with Crippen LogP contribution in [0, 0.1) is 0 Å². The molecular weight excluding hydrogens is 405 g/mol. The topological polar surface area (TPSA) is 66.5 Å². The van der Waals surface area contributed by atoms with Crippen LogP contribution in [0.15, 0.2) is 59.5 Å². The minimum atomic E-state index is -4.66. The second-order valence-corrected chi connectivity index (χ2v) is 8.38. The average Bonchev–Trinajstić information content (AvgIpc) is 2.70. The molecule has 0 heterocycles. The second kappa shape index (κ2) is 9.41. The molecular formula is C20H23F3N2O3S. The van der Waals surface area contributed by atoms with Crippen molar-refractivity contribution < 1.29 is 26.4 Å². The van der Waals surface area contributed by atoms with Gasteiger partial charge in [-0.05, 0) is 37.1 Å². The maximum atomic E-state index is 12.8. The molecule has 0 aliphatic carbocycles. The lowest BCUT2D eigenvalue weighted by atomic mass is 10.1. The van der Waals surface area contributed by atoms with Crippen molar-refractivity contribution in [3.63, 3.8) is 0 Å². The summed E-state index contributed by atoms with van der Waals surface area (Å²) in [7, 11) is -4.27. The van der Waals surface area contributed by atoms with Crippen LogP contribution in [0.3, 0.4) is 0 Å². The largest absolute Gasteiger partial charge is 0.416 e. The van der Waals surface area contributed by atoms with Crippen LogP contribution in [0.5, 0.6) is 0 Å². The van der Waals surface area contributed by atoms with Crippen molar-refractivity contribution in [3.8, 4) is 0 Å². The number of alkyl halides is 3. The highest BCUT2D eigenvalue weighted by atomic mass is 32.2. The summed E-state index contributed by atoms with van der Waals surface area (Å²) >= 11 is 0. The van der Waals surface area contributed by atoms with Gasteiger partial charge in [-0.3, -0.25) is 4.79 Å². The zero-order valence-electron chi connectivity index (χ0n) is 16.1. The van der Waals surface area contributed by atoms with Gasteiger partial charge < -0.3 is 4.90 Å². The Bertz CT molecular complexity index is 931. The number of carbonyl (C=O) groups is 1. The van der Waals surface area contributed by atoms with Crippen molar-refractivity contribution in [2.75, 3.05) is 6.54 Å². The Labute approximate surface area is 168 Å². The van der Waals surface area contributed by atoms with Crippen LogP contribution in [0.2, 0.25) is 0 Å². The van der Waals surface area contributed by atoms with E-state index >= 15 is 0 Å². The van der Waals surface area contributed by atoms with Gasteiger partial charge in [-0.2, -0.15) is 13.2 Å². The van der Waals surface area contributed by atoms with Crippen LogP contribution in [-0.2, 0) is 27.5 Å². The van der Waals surface area contributed by atoms with Crippen molar-refractivity contribution in [2.24, 2.45) is 0 Å². The highest BCUT2D eigenvalue weighted by Gasteiger charge is 2.32. The molecule has 0 fully saturated rings. The number of benzene rings is 2. The highest BCUT2D eigenvalue weighted by molar-refractivity contribution is 7.89. The lowest BCUT2D eigenvalue weighted by molar-refractivity contribution is -0.137. The SMILES string of the molecule is CCC(C)N(Cc1ccccc1)C(=O)CNS(=O)(=O)c1cccc(C(F)(F)F)c1. The Morgan fingerprint density at radius 1 is 1.10 bits per heavy atom.